The molecule has 1 aliphatic heterocycles. The number of ketones is 1. The number of hydrogen-bond acceptors (Lipinski definition) is 5. The number of nitrogens with zero attached hydrogens (tertiary/aromatic N) is 3. The molecule has 0 saturated carbocycles. The zero-order valence-electron chi connectivity index (χ0n) is 18.0. The van der Waals surface area contributed by atoms with Crippen LogP contribution < -0.4 is 11.1 Å². The van der Waals surface area contributed by atoms with Crippen LogP contribution in [0.1, 0.15) is 29.3 Å². The van der Waals surface area contributed by atoms with Crippen LogP contribution in [-0.4, -0.2) is 59.6 Å². The standard InChI is InChI=1S/C23H26FN5O3/c1-14(30)19-12-28(13-22(31)29-11-17(24)9-21(29)23(32)27-3)20-5-4-15(8-18(19)20)16(6-7-25)10-26-2/h4-8,10,12,17,21H,2,9,11,13,25H2,1,3H3,(H,27,32)/b7-6-,16-10+/t17-,21+/m1/s1. The molecular formula is C23H26FN5O3. The van der Waals surface area contributed by atoms with E-state index in [1.54, 1.807) is 29.1 Å². The van der Waals surface area contributed by atoms with Gasteiger partial charge in [0, 0.05) is 47.9 Å². The van der Waals surface area contributed by atoms with Gasteiger partial charge in [-0.3, -0.25) is 19.4 Å². The Kier molecular flexibility index (Phi) is 6.87. The van der Waals surface area contributed by atoms with Crippen LogP contribution in [-0.2, 0) is 16.1 Å². The molecule has 1 fully saturated rings. The number of fused-ring (bicyclic) bond motifs is 1. The van der Waals surface area contributed by atoms with E-state index in [9.17, 15) is 18.8 Å². The number of aliphatic imine (C=N–C) groups is 1. The van der Waals surface area contributed by atoms with Gasteiger partial charge in [-0.1, -0.05) is 6.07 Å². The van der Waals surface area contributed by atoms with E-state index in [1.807, 2.05) is 12.1 Å². The van der Waals surface area contributed by atoms with Crippen LogP contribution in [0.3, 0.4) is 0 Å². The maximum Gasteiger partial charge on any atom is 0.243 e. The van der Waals surface area contributed by atoms with E-state index in [0.29, 0.717) is 22.0 Å². The lowest BCUT2D eigenvalue weighted by Crippen LogP contribution is -2.46. The summed E-state index contributed by atoms with van der Waals surface area (Å²) in [5.41, 5.74) is 8.12. The predicted molar refractivity (Wildman–Crippen MR) is 122 cm³/mol. The second-order valence-corrected chi connectivity index (χ2v) is 7.59. The van der Waals surface area contributed by atoms with Gasteiger partial charge in [-0.2, -0.15) is 0 Å². The number of carbonyl (C=O) groups is 3. The third-order valence-corrected chi connectivity index (χ3v) is 5.52. The minimum Gasteiger partial charge on any atom is -0.405 e. The molecule has 0 bridgehead atoms. The van der Waals surface area contributed by atoms with Crippen LogP contribution >= 0.6 is 0 Å². The van der Waals surface area contributed by atoms with E-state index in [1.165, 1.54) is 25.1 Å². The van der Waals surface area contributed by atoms with Crippen molar-refractivity contribution in [3.63, 3.8) is 0 Å². The van der Waals surface area contributed by atoms with E-state index in [0.717, 1.165) is 5.56 Å². The highest BCUT2D eigenvalue weighted by Crippen LogP contribution is 2.28. The number of likely N-dealkylation sites (tertiary alicyclic amines) is 1. The van der Waals surface area contributed by atoms with Crippen molar-refractivity contribution in [2.45, 2.75) is 32.1 Å². The number of amides is 2. The summed E-state index contributed by atoms with van der Waals surface area (Å²) >= 11 is 0. The SMILES string of the molecule is C=N/C=C(\C=C/N)c1ccc2c(c1)c(C(C)=O)cn2CC(=O)N1C[C@H](F)C[C@H]1C(=O)NC. The molecule has 3 N–H and O–H groups in total. The third kappa shape index (κ3) is 4.46. The van der Waals surface area contributed by atoms with E-state index in [-0.39, 0.29) is 25.3 Å². The summed E-state index contributed by atoms with van der Waals surface area (Å²) in [5.74, 6) is -0.946. The Bertz CT molecular complexity index is 1130. The number of nitrogens with one attached hydrogen (secondary N) is 1. The van der Waals surface area contributed by atoms with Gasteiger partial charge in [-0.25, -0.2) is 4.39 Å². The molecule has 2 amide bonds. The van der Waals surface area contributed by atoms with Crippen LogP contribution in [0, 0.1) is 0 Å². The number of alkyl halides is 1. The van der Waals surface area contributed by atoms with Crippen molar-refractivity contribution in [2.75, 3.05) is 13.6 Å². The summed E-state index contributed by atoms with van der Waals surface area (Å²) in [6.45, 7) is 4.66. The van der Waals surface area contributed by atoms with Crippen molar-refractivity contribution < 1.29 is 18.8 Å². The van der Waals surface area contributed by atoms with Crippen LogP contribution in [0.2, 0.25) is 0 Å². The summed E-state index contributed by atoms with van der Waals surface area (Å²) in [7, 11) is 1.46. The Morgan fingerprint density at radius 2 is 2.12 bits per heavy atom. The Balaban J connectivity index is 1.99. The summed E-state index contributed by atoms with van der Waals surface area (Å²) in [4.78, 5) is 42.4. The maximum absolute atomic E-state index is 14.0. The molecule has 0 spiro atoms. The van der Waals surface area contributed by atoms with Gasteiger partial charge < -0.3 is 20.5 Å². The largest absolute Gasteiger partial charge is 0.405 e. The molecule has 0 aliphatic carbocycles. The van der Waals surface area contributed by atoms with Gasteiger partial charge in [-0.15, -0.1) is 0 Å². The van der Waals surface area contributed by atoms with Crippen LogP contribution in [0.25, 0.3) is 16.5 Å². The fraction of sp³-hybridized carbons (Fsp3) is 0.304. The molecule has 9 heteroatoms. The number of likely N-dealkylation sites (N-methyl/N-ethyl adjacent to an activating group) is 1. The molecule has 1 saturated heterocycles. The first-order valence-electron chi connectivity index (χ1n) is 10.1. The zero-order chi connectivity index (χ0) is 23.4. The Labute approximate surface area is 185 Å². The zero-order valence-corrected chi connectivity index (χ0v) is 18.0. The number of carbonyl (C=O) groups excluding carboxylic acids is 3. The molecule has 0 radical (unpaired) electrons. The summed E-state index contributed by atoms with van der Waals surface area (Å²) < 4.78 is 15.6. The number of nitrogens with two attached hydrogens (primary N) is 1. The molecule has 1 aliphatic rings. The van der Waals surface area contributed by atoms with Crippen molar-refractivity contribution in [2.24, 2.45) is 10.7 Å². The Hall–Kier alpha value is -3.75. The van der Waals surface area contributed by atoms with Crippen molar-refractivity contribution in [3.8, 4) is 0 Å². The quantitative estimate of drug-likeness (QED) is 0.391. The first-order chi connectivity index (χ1) is 15.3. The molecule has 168 valence electrons. The first kappa shape index (κ1) is 22.9. The topological polar surface area (TPSA) is 110 Å². The van der Waals surface area contributed by atoms with Gasteiger partial charge in [0.15, 0.2) is 5.78 Å². The van der Waals surface area contributed by atoms with Crippen molar-refractivity contribution in [1.29, 1.82) is 0 Å². The fourth-order valence-electron chi connectivity index (χ4n) is 4.02. The number of Topliss-reactive ketones (excluding diaryl/α,β-unsaturated/α-hetero) is 1. The molecule has 3 rings (SSSR count). The fourth-order valence-corrected chi connectivity index (χ4v) is 4.02. The van der Waals surface area contributed by atoms with Crippen molar-refractivity contribution in [1.82, 2.24) is 14.8 Å². The third-order valence-electron chi connectivity index (χ3n) is 5.52. The highest BCUT2D eigenvalue weighted by Gasteiger charge is 2.39. The molecule has 2 heterocycles. The summed E-state index contributed by atoms with van der Waals surface area (Å²) in [6, 6.07) is 4.60. The van der Waals surface area contributed by atoms with Gasteiger partial charge >= 0.3 is 0 Å². The molecule has 32 heavy (non-hydrogen) atoms. The molecule has 2 aromatic rings. The van der Waals surface area contributed by atoms with Crippen molar-refractivity contribution >= 4 is 40.8 Å². The van der Waals surface area contributed by atoms with E-state index in [4.69, 9.17) is 5.73 Å². The first-order valence-corrected chi connectivity index (χ1v) is 10.1. The molecular weight excluding hydrogens is 413 g/mol. The average molecular weight is 439 g/mol. The average Bonchev–Trinajstić information content (AvgIpc) is 3.33. The minimum atomic E-state index is -1.25. The second-order valence-electron chi connectivity index (χ2n) is 7.59. The van der Waals surface area contributed by atoms with E-state index in [2.05, 4.69) is 17.0 Å². The minimum absolute atomic E-state index is 0.0268. The maximum atomic E-state index is 14.0. The van der Waals surface area contributed by atoms with Gasteiger partial charge in [0.25, 0.3) is 0 Å². The lowest BCUT2D eigenvalue weighted by molar-refractivity contribution is -0.138. The van der Waals surface area contributed by atoms with Crippen LogP contribution in [0.4, 0.5) is 4.39 Å². The highest BCUT2D eigenvalue weighted by molar-refractivity contribution is 6.08. The van der Waals surface area contributed by atoms with E-state index < -0.39 is 24.0 Å². The van der Waals surface area contributed by atoms with Gasteiger partial charge in [0.05, 0.1) is 6.54 Å². The number of halogens is 1. The van der Waals surface area contributed by atoms with Gasteiger partial charge in [0.2, 0.25) is 11.8 Å². The number of rotatable bonds is 7. The lowest BCUT2D eigenvalue weighted by Gasteiger charge is -2.23. The normalized spacial score (nSPS) is 19.0. The molecule has 8 nitrogen and oxygen atoms in total. The highest BCUT2D eigenvalue weighted by atomic mass is 19.1. The molecule has 2 atom stereocenters. The number of hydrogen-bond donors (Lipinski definition) is 2. The monoisotopic (exact) mass is 439 g/mol. The summed E-state index contributed by atoms with van der Waals surface area (Å²) in [5, 5.41) is 3.14. The Morgan fingerprint density at radius 1 is 1.38 bits per heavy atom. The lowest BCUT2D eigenvalue weighted by atomic mass is 10.0. The Morgan fingerprint density at radius 3 is 2.75 bits per heavy atom. The van der Waals surface area contributed by atoms with E-state index >= 15 is 0 Å². The molecule has 0 unspecified atom stereocenters. The smallest absolute Gasteiger partial charge is 0.243 e. The number of aromatic nitrogens is 1. The van der Waals surface area contributed by atoms with Gasteiger partial charge in [0.1, 0.15) is 18.8 Å². The van der Waals surface area contributed by atoms with Crippen LogP contribution in [0.5, 0.6) is 0 Å². The molecule has 1 aromatic heterocycles. The van der Waals surface area contributed by atoms with Crippen molar-refractivity contribution in [3.05, 3.63) is 54.0 Å². The van der Waals surface area contributed by atoms with Crippen LogP contribution in [0.15, 0.2) is 47.9 Å². The number of benzene rings is 1. The number of allylic oxidation sites excluding steroid dienone is 2. The predicted octanol–water partition coefficient (Wildman–Crippen LogP) is 2.04. The molecule has 1 aromatic carbocycles. The van der Waals surface area contributed by atoms with Gasteiger partial charge in [-0.05, 0) is 43.6 Å². The summed E-state index contributed by atoms with van der Waals surface area (Å²) in [6.07, 6.45) is 4.94. The second kappa shape index (κ2) is 9.59.